The van der Waals surface area contributed by atoms with E-state index >= 15 is 0 Å². The molecule has 1 aromatic heterocycles. The molecule has 1 unspecified atom stereocenters. The van der Waals surface area contributed by atoms with Crippen molar-refractivity contribution < 1.29 is 9.21 Å². The molecule has 1 heterocycles. The third kappa shape index (κ3) is 2.64. The lowest BCUT2D eigenvalue weighted by molar-refractivity contribution is 0.0912. The summed E-state index contributed by atoms with van der Waals surface area (Å²) in [7, 11) is 0. The van der Waals surface area contributed by atoms with Crippen LogP contribution >= 0.6 is 0 Å². The number of anilines is 1. The van der Waals surface area contributed by atoms with Gasteiger partial charge in [0.1, 0.15) is 5.58 Å². The zero-order valence-corrected chi connectivity index (χ0v) is 10.7. The summed E-state index contributed by atoms with van der Waals surface area (Å²) >= 11 is 0. The molecule has 0 radical (unpaired) electrons. The highest BCUT2D eigenvalue weighted by Gasteiger charge is 2.14. The summed E-state index contributed by atoms with van der Waals surface area (Å²) in [6.07, 6.45) is 2.00. The molecule has 18 heavy (non-hydrogen) atoms. The summed E-state index contributed by atoms with van der Waals surface area (Å²) in [5, 5.41) is 3.76. The number of rotatable bonds is 4. The number of nitrogens with one attached hydrogen (secondary N) is 1. The molecule has 1 atom stereocenters. The van der Waals surface area contributed by atoms with Gasteiger partial charge in [0.15, 0.2) is 5.76 Å². The first-order chi connectivity index (χ1) is 8.60. The number of hydrogen-bond acceptors (Lipinski definition) is 3. The van der Waals surface area contributed by atoms with Crippen LogP contribution in [0.1, 0.15) is 37.2 Å². The standard InChI is InChI=1S/C14H18N2O2/c1-3-4-9(2)16-14(17)13-8-10-7-11(15)5-6-12(10)18-13/h5-9H,3-4,15H2,1-2H3,(H,16,17). The molecule has 0 spiro atoms. The number of fused-ring (bicyclic) bond motifs is 1. The summed E-state index contributed by atoms with van der Waals surface area (Å²) in [6.45, 7) is 4.08. The molecule has 0 saturated heterocycles. The SMILES string of the molecule is CCCC(C)NC(=O)c1cc2cc(N)ccc2o1. The topological polar surface area (TPSA) is 68.3 Å². The van der Waals surface area contributed by atoms with Crippen LogP contribution in [0.3, 0.4) is 0 Å². The number of furan rings is 1. The third-order valence-electron chi connectivity index (χ3n) is 2.86. The van der Waals surface area contributed by atoms with Crippen LogP contribution in [0.2, 0.25) is 0 Å². The molecule has 0 bridgehead atoms. The van der Waals surface area contributed by atoms with Crippen LogP contribution in [0.15, 0.2) is 28.7 Å². The number of carbonyl (C=O) groups is 1. The Morgan fingerprint density at radius 1 is 1.44 bits per heavy atom. The van der Waals surface area contributed by atoms with Gasteiger partial charge in [0.05, 0.1) is 0 Å². The minimum absolute atomic E-state index is 0.154. The molecule has 1 amide bonds. The highest BCUT2D eigenvalue weighted by Crippen LogP contribution is 2.21. The van der Waals surface area contributed by atoms with Gasteiger partial charge in [0.2, 0.25) is 0 Å². The van der Waals surface area contributed by atoms with Crippen LogP contribution in [0.4, 0.5) is 5.69 Å². The fraction of sp³-hybridized carbons (Fsp3) is 0.357. The van der Waals surface area contributed by atoms with Gasteiger partial charge in [0.25, 0.3) is 5.91 Å². The van der Waals surface area contributed by atoms with Crippen molar-refractivity contribution in [2.45, 2.75) is 32.7 Å². The third-order valence-corrected chi connectivity index (χ3v) is 2.86. The summed E-state index contributed by atoms with van der Waals surface area (Å²) in [4.78, 5) is 11.9. The van der Waals surface area contributed by atoms with Crippen molar-refractivity contribution in [2.24, 2.45) is 0 Å². The van der Waals surface area contributed by atoms with E-state index in [-0.39, 0.29) is 11.9 Å². The van der Waals surface area contributed by atoms with E-state index in [1.807, 2.05) is 6.92 Å². The summed E-state index contributed by atoms with van der Waals surface area (Å²) in [6, 6.07) is 7.20. The second-order valence-corrected chi connectivity index (χ2v) is 4.57. The second kappa shape index (κ2) is 5.12. The van der Waals surface area contributed by atoms with Gasteiger partial charge in [0, 0.05) is 17.1 Å². The molecule has 2 rings (SSSR count). The molecule has 0 aliphatic rings. The first kappa shape index (κ1) is 12.5. The van der Waals surface area contributed by atoms with Crippen molar-refractivity contribution in [3.63, 3.8) is 0 Å². The van der Waals surface area contributed by atoms with E-state index in [1.165, 1.54) is 0 Å². The lowest BCUT2D eigenvalue weighted by Crippen LogP contribution is -2.32. The van der Waals surface area contributed by atoms with Crippen molar-refractivity contribution >= 4 is 22.6 Å². The van der Waals surface area contributed by atoms with Crippen molar-refractivity contribution in [1.82, 2.24) is 5.32 Å². The molecule has 0 fully saturated rings. The maximum absolute atomic E-state index is 11.9. The fourth-order valence-electron chi connectivity index (χ4n) is 1.97. The minimum atomic E-state index is -0.175. The number of amides is 1. The lowest BCUT2D eigenvalue weighted by atomic mass is 10.2. The largest absolute Gasteiger partial charge is 0.451 e. The van der Waals surface area contributed by atoms with Gasteiger partial charge < -0.3 is 15.5 Å². The smallest absolute Gasteiger partial charge is 0.287 e. The van der Waals surface area contributed by atoms with Gasteiger partial charge in [-0.1, -0.05) is 13.3 Å². The number of hydrogen-bond donors (Lipinski definition) is 2. The Balaban J connectivity index is 2.18. The predicted octanol–water partition coefficient (Wildman–Crippen LogP) is 2.93. The maximum atomic E-state index is 11.9. The van der Waals surface area contributed by atoms with Gasteiger partial charge in [-0.05, 0) is 37.6 Å². The van der Waals surface area contributed by atoms with Crippen molar-refractivity contribution in [2.75, 3.05) is 5.73 Å². The fourth-order valence-corrected chi connectivity index (χ4v) is 1.97. The van der Waals surface area contributed by atoms with E-state index < -0.39 is 0 Å². The van der Waals surface area contributed by atoms with E-state index in [2.05, 4.69) is 12.2 Å². The van der Waals surface area contributed by atoms with Gasteiger partial charge >= 0.3 is 0 Å². The Morgan fingerprint density at radius 2 is 2.22 bits per heavy atom. The molecule has 3 N–H and O–H groups in total. The van der Waals surface area contributed by atoms with Gasteiger partial charge in [-0.3, -0.25) is 4.79 Å². The normalized spacial score (nSPS) is 12.6. The van der Waals surface area contributed by atoms with Crippen LogP contribution in [0, 0.1) is 0 Å². The van der Waals surface area contributed by atoms with Crippen molar-refractivity contribution in [1.29, 1.82) is 0 Å². The molecule has 1 aromatic carbocycles. The Morgan fingerprint density at radius 3 is 2.94 bits per heavy atom. The van der Waals surface area contributed by atoms with Crippen molar-refractivity contribution in [3.05, 3.63) is 30.0 Å². The van der Waals surface area contributed by atoms with E-state index in [0.29, 0.717) is 17.0 Å². The molecular weight excluding hydrogens is 228 g/mol. The monoisotopic (exact) mass is 246 g/mol. The van der Waals surface area contributed by atoms with E-state index in [0.717, 1.165) is 18.2 Å². The second-order valence-electron chi connectivity index (χ2n) is 4.57. The molecule has 4 heteroatoms. The number of carbonyl (C=O) groups excluding carboxylic acids is 1. The quantitative estimate of drug-likeness (QED) is 0.815. The predicted molar refractivity (Wildman–Crippen MR) is 72.5 cm³/mol. The van der Waals surface area contributed by atoms with Crippen LogP contribution < -0.4 is 11.1 Å². The maximum Gasteiger partial charge on any atom is 0.287 e. The number of nitrogens with two attached hydrogens (primary N) is 1. The Hall–Kier alpha value is -1.97. The molecule has 0 saturated carbocycles. The first-order valence-electron chi connectivity index (χ1n) is 6.20. The zero-order chi connectivity index (χ0) is 13.1. The van der Waals surface area contributed by atoms with Crippen LogP contribution in [-0.4, -0.2) is 11.9 Å². The Bertz CT molecular complexity index is 560. The van der Waals surface area contributed by atoms with Crippen LogP contribution in [0.25, 0.3) is 11.0 Å². The van der Waals surface area contributed by atoms with Crippen LogP contribution in [0.5, 0.6) is 0 Å². The van der Waals surface area contributed by atoms with Crippen molar-refractivity contribution in [3.8, 4) is 0 Å². The lowest BCUT2D eigenvalue weighted by Gasteiger charge is -2.10. The molecular formula is C14H18N2O2. The molecule has 0 aliphatic carbocycles. The summed E-state index contributed by atoms with van der Waals surface area (Å²) < 4.78 is 5.50. The van der Waals surface area contributed by atoms with Gasteiger partial charge in [-0.25, -0.2) is 0 Å². The van der Waals surface area contributed by atoms with Crippen LogP contribution in [-0.2, 0) is 0 Å². The Labute approximate surface area is 106 Å². The highest BCUT2D eigenvalue weighted by atomic mass is 16.3. The molecule has 96 valence electrons. The molecule has 4 nitrogen and oxygen atoms in total. The zero-order valence-electron chi connectivity index (χ0n) is 10.7. The summed E-state index contributed by atoms with van der Waals surface area (Å²) in [5.41, 5.74) is 7.03. The van der Waals surface area contributed by atoms with E-state index in [9.17, 15) is 4.79 Å². The Kier molecular flexibility index (Phi) is 3.55. The van der Waals surface area contributed by atoms with Gasteiger partial charge in [-0.15, -0.1) is 0 Å². The molecule has 0 aliphatic heterocycles. The van der Waals surface area contributed by atoms with E-state index in [4.69, 9.17) is 10.2 Å². The number of benzene rings is 1. The minimum Gasteiger partial charge on any atom is -0.451 e. The average Bonchev–Trinajstić information content (AvgIpc) is 2.72. The average molecular weight is 246 g/mol. The van der Waals surface area contributed by atoms with Gasteiger partial charge in [-0.2, -0.15) is 0 Å². The number of nitrogen functional groups attached to an aromatic ring is 1. The van der Waals surface area contributed by atoms with E-state index in [1.54, 1.807) is 24.3 Å². The first-order valence-corrected chi connectivity index (χ1v) is 6.20. The highest BCUT2D eigenvalue weighted by molar-refractivity contribution is 5.96. The summed E-state index contributed by atoms with van der Waals surface area (Å²) in [5.74, 6) is 0.157. The molecule has 2 aromatic rings.